The highest BCUT2D eigenvalue weighted by Gasteiger charge is 2.43. The quantitative estimate of drug-likeness (QED) is 0.701. The van der Waals surface area contributed by atoms with Crippen LogP contribution in [0, 0.1) is 6.92 Å². The van der Waals surface area contributed by atoms with E-state index in [2.05, 4.69) is 5.16 Å². The number of amides is 1. The SMILES string of the molecule is Cc1cc(C(=O)N2CC[C@@H]3[C@@H](CC2)Oc2ccccc2S(=O)(=O)N3CCN(C)C)no1. The van der Waals surface area contributed by atoms with Gasteiger partial charge in [0.25, 0.3) is 5.91 Å². The van der Waals surface area contributed by atoms with Crippen LogP contribution in [0.15, 0.2) is 39.8 Å². The maximum Gasteiger partial charge on any atom is 0.276 e. The summed E-state index contributed by atoms with van der Waals surface area (Å²) in [5.74, 6) is 0.734. The van der Waals surface area contributed by atoms with E-state index in [-0.39, 0.29) is 28.6 Å². The van der Waals surface area contributed by atoms with E-state index in [0.29, 0.717) is 50.5 Å². The maximum atomic E-state index is 13.6. The third-order valence-electron chi connectivity index (χ3n) is 5.79. The second kappa shape index (κ2) is 8.60. The Kier molecular flexibility index (Phi) is 6.05. The third kappa shape index (κ3) is 4.32. The number of hydrogen-bond donors (Lipinski definition) is 0. The predicted molar refractivity (Wildman–Crippen MR) is 113 cm³/mol. The first-order valence-corrected chi connectivity index (χ1v) is 11.9. The molecule has 0 N–H and O–H groups in total. The summed E-state index contributed by atoms with van der Waals surface area (Å²) in [4.78, 5) is 16.8. The lowest BCUT2D eigenvalue weighted by molar-refractivity contribution is 0.0744. The lowest BCUT2D eigenvalue weighted by atomic mass is 10.1. The average Bonchev–Trinajstić information content (AvgIpc) is 3.02. The highest BCUT2D eigenvalue weighted by atomic mass is 32.2. The Balaban J connectivity index is 1.65. The van der Waals surface area contributed by atoms with Crippen molar-refractivity contribution in [1.82, 2.24) is 19.3 Å². The van der Waals surface area contributed by atoms with Gasteiger partial charge in [-0.15, -0.1) is 0 Å². The molecule has 1 fully saturated rings. The van der Waals surface area contributed by atoms with E-state index in [4.69, 9.17) is 9.26 Å². The molecule has 0 unspecified atom stereocenters. The predicted octanol–water partition coefficient (Wildman–Crippen LogP) is 1.60. The van der Waals surface area contributed by atoms with Crippen molar-refractivity contribution in [3.05, 3.63) is 41.8 Å². The van der Waals surface area contributed by atoms with Gasteiger partial charge in [0, 0.05) is 38.7 Å². The topological polar surface area (TPSA) is 96.2 Å². The Morgan fingerprint density at radius 1 is 1.23 bits per heavy atom. The first-order valence-electron chi connectivity index (χ1n) is 10.4. The Morgan fingerprint density at radius 2 is 1.97 bits per heavy atom. The van der Waals surface area contributed by atoms with Gasteiger partial charge < -0.3 is 19.1 Å². The molecule has 0 bridgehead atoms. The van der Waals surface area contributed by atoms with Crippen molar-refractivity contribution in [3.63, 3.8) is 0 Å². The third-order valence-corrected chi connectivity index (χ3v) is 7.76. The average molecular weight is 449 g/mol. The van der Waals surface area contributed by atoms with Gasteiger partial charge in [0.2, 0.25) is 10.0 Å². The molecule has 2 aliphatic heterocycles. The summed E-state index contributed by atoms with van der Waals surface area (Å²) in [6.45, 7) is 3.55. The summed E-state index contributed by atoms with van der Waals surface area (Å²) in [7, 11) is 0.0956. The second-order valence-electron chi connectivity index (χ2n) is 8.28. The molecule has 2 atom stereocenters. The molecule has 1 aromatic carbocycles. The van der Waals surface area contributed by atoms with Crippen LogP contribution in [-0.4, -0.2) is 86.0 Å². The molecule has 10 heteroatoms. The Bertz CT molecular complexity index is 1050. The summed E-state index contributed by atoms with van der Waals surface area (Å²) < 4.78 is 40.0. The first-order chi connectivity index (χ1) is 14.8. The molecule has 4 rings (SSSR count). The summed E-state index contributed by atoms with van der Waals surface area (Å²) >= 11 is 0. The van der Waals surface area contributed by atoms with Crippen LogP contribution in [0.4, 0.5) is 0 Å². The number of likely N-dealkylation sites (tertiary alicyclic amines) is 1. The molecule has 2 aliphatic rings. The molecule has 31 heavy (non-hydrogen) atoms. The minimum atomic E-state index is -3.74. The Morgan fingerprint density at radius 3 is 2.68 bits per heavy atom. The number of para-hydroxylation sites is 1. The molecule has 0 aliphatic carbocycles. The first kappa shape index (κ1) is 21.8. The van der Waals surface area contributed by atoms with Crippen LogP contribution in [0.3, 0.4) is 0 Å². The monoisotopic (exact) mass is 448 g/mol. The fraction of sp³-hybridized carbons (Fsp3) is 0.524. The fourth-order valence-electron chi connectivity index (χ4n) is 4.17. The van der Waals surface area contributed by atoms with Crippen LogP contribution in [-0.2, 0) is 10.0 Å². The van der Waals surface area contributed by atoms with Gasteiger partial charge in [-0.05, 0) is 39.6 Å². The summed E-state index contributed by atoms with van der Waals surface area (Å²) in [5, 5.41) is 3.83. The molecule has 9 nitrogen and oxygen atoms in total. The highest BCUT2D eigenvalue weighted by molar-refractivity contribution is 7.89. The van der Waals surface area contributed by atoms with Crippen molar-refractivity contribution < 1.29 is 22.5 Å². The van der Waals surface area contributed by atoms with Gasteiger partial charge in [0.05, 0.1) is 6.04 Å². The number of aryl methyl sites for hydroxylation is 1. The zero-order chi connectivity index (χ0) is 22.2. The fourth-order valence-corrected chi connectivity index (χ4v) is 5.97. The van der Waals surface area contributed by atoms with Crippen LogP contribution in [0.25, 0.3) is 0 Å². The van der Waals surface area contributed by atoms with Crippen LogP contribution < -0.4 is 4.74 Å². The molecular weight excluding hydrogens is 420 g/mol. The number of nitrogens with zero attached hydrogens (tertiary/aromatic N) is 4. The lowest BCUT2D eigenvalue weighted by Gasteiger charge is -2.32. The van der Waals surface area contributed by atoms with Crippen molar-refractivity contribution in [1.29, 1.82) is 0 Å². The number of fused-ring (bicyclic) bond motifs is 2. The van der Waals surface area contributed by atoms with Crippen molar-refractivity contribution >= 4 is 15.9 Å². The molecule has 1 amide bonds. The maximum absolute atomic E-state index is 13.6. The van der Waals surface area contributed by atoms with E-state index in [1.807, 2.05) is 19.0 Å². The Hall–Kier alpha value is -2.43. The van der Waals surface area contributed by atoms with Gasteiger partial charge in [-0.2, -0.15) is 4.31 Å². The molecule has 168 valence electrons. The van der Waals surface area contributed by atoms with Gasteiger partial charge in [-0.25, -0.2) is 8.42 Å². The molecule has 0 saturated carbocycles. The molecular formula is C21H28N4O5S. The number of aromatic nitrogens is 1. The van der Waals surface area contributed by atoms with Crippen molar-refractivity contribution in [2.75, 3.05) is 40.3 Å². The second-order valence-corrected chi connectivity index (χ2v) is 10.1. The number of rotatable bonds is 4. The number of hydrogen-bond acceptors (Lipinski definition) is 7. The van der Waals surface area contributed by atoms with E-state index in [1.54, 1.807) is 46.5 Å². The summed E-state index contributed by atoms with van der Waals surface area (Å²) in [6.07, 6.45) is 0.654. The Labute approximate surface area is 182 Å². The molecule has 0 spiro atoms. The molecule has 0 radical (unpaired) electrons. The van der Waals surface area contributed by atoms with Crippen molar-refractivity contribution in [2.24, 2.45) is 0 Å². The number of carbonyl (C=O) groups is 1. The number of likely N-dealkylation sites (N-methyl/N-ethyl adjacent to an activating group) is 1. The van der Waals surface area contributed by atoms with Crippen molar-refractivity contribution in [3.8, 4) is 5.75 Å². The number of ether oxygens (including phenoxy) is 1. The minimum absolute atomic E-state index is 0.202. The standard InChI is InChI=1S/C21H28N4O5S/c1-15-14-16(22-30-15)21(26)24-10-8-17-18(9-11-24)29-19-6-4-5-7-20(19)31(27,28)25(17)13-12-23(2)3/h4-7,14,17-18H,8-13H2,1-3H3/t17-,18-/m1/s1. The highest BCUT2D eigenvalue weighted by Crippen LogP contribution is 2.36. The van der Waals surface area contributed by atoms with Gasteiger partial charge >= 0.3 is 0 Å². The van der Waals surface area contributed by atoms with Crippen LogP contribution >= 0.6 is 0 Å². The van der Waals surface area contributed by atoms with Gasteiger partial charge in [-0.1, -0.05) is 17.3 Å². The smallest absolute Gasteiger partial charge is 0.276 e. The summed E-state index contributed by atoms with van der Waals surface area (Å²) in [6, 6.07) is 8.04. The summed E-state index contributed by atoms with van der Waals surface area (Å²) in [5.41, 5.74) is 0.267. The zero-order valence-electron chi connectivity index (χ0n) is 18.0. The van der Waals surface area contributed by atoms with E-state index >= 15 is 0 Å². The zero-order valence-corrected chi connectivity index (χ0v) is 18.8. The van der Waals surface area contributed by atoms with Gasteiger partial charge in [0.1, 0.15) is 22.5 Å². The largest absolute Gasteiger partial charge is 0.487 e. The number of sulfonamides is 1. The normalized spacial score (nSPS) is 23.4. The molecule has 1 saturated heterocycles. The van der Waals surface area contributed by atoms with Gasteiger partial charge in [-0.3, -0.25) is 4.79 Å². The minimum Gasteiger partial charge on any atom is -0.487 e. The van der Waals surface area contributed by atoms with Crippen LogP contribution in [0.2, 0.25) is 0 Å². The van der Waals surface area contributed by atoms with Gasteiger partial charge in [0.15, 0.2) is 5.69 Å². The van der Waals surface area contributed by atoms with Crippen LogP contribution in [0.1, 0.15) is 29.1 Å². The number of carbonyl (C=O) groups excluding carboxylic acids is 1. The van der Waals surface area contributed by atoms with E-state index in [0.717, 1.165) is 0 Å². The number of benzene rings is 1. The molecule has 1 aromatic heterocycles. The van der Waals surface area contributed by atoms with E-state index in [9.17, 15) is 13.2 Å². The molecule has 3 heterocycles. The van der Waals surface area contributed by atoms with E-state index in [1.165, 1.54) is 0 Å². The lowest BCUT2D eigenvalue weighted by Crippen LogP contribution is -2.49. The van der Waals surface area contributed by atoms with E-state index < -0.39 is 10.0 Å². The molecule has 2 aromatic rings. The van der Waals surface area contributed by atoms with Crippen molar-refractivity contribution in [2.45, 2.75) is 36.8 Å². The van der Waals surface area contributed by atoms with Crippen LogP contribution in [0.5, 0.6) is 5.75 Å².